The molecule has 0 spiro atoms. The number of amides is 1. The van der Waals surface area contributed by atoms with Gasteiger partial charge in [0.05, 0.1) is 18.3 Å². The van der Waals surface area contributed by atoms with Crippen LogP contribution in [0.25, 0.3) is 10.9 Å². The lowest BCUT2D eigenvalue weighted by molar-refractivity contribution is 0.0597. The van der Waals surface area contributed by atoms with Crippen molar-refractivity contribution in [2.75, 3.05) is 51.8 Å². The summed E-state index contributed by atoms with van der Waals surface area (Å²) in [6, 6.07) is 12.8. The number of hydrogen-bond acceptors (Lipinski definition) is 7. The van der Waals surface area contributed by atoms with E-state index >= 15 is 0 Å². The average molecular weight is 482 g/mol. The van der Waals surface area contributed by atoms with E-state index in [1.165, 1.54) is 36.4 Å². The third kappa shape index (κ3) is 4.89. The van der Waals surface area contributed by atoms with Crippen molar-refractivity contribution in [1.82, 2.24) is 14.5 Å². The van der Waals surface area contributed by atoms with Gasteiger partial charge in [0.15, 0.2) is 0 Å². The number of ether oxygens (including phenoxy) is 1. The zero-order valence-electron chi connectivity index (χ0n) is 19.7. The zero-order chi connectivity index (χ0) is 25.1. The maximum Gasteiger partial charge on any atom is 0.345 e. The van der Waals surface area contributed by atoms with Gasteiger partial charge in [0.1, 0.15) is 11.4 Å². The van der Waals surface area contributed by atoms with Crippen LogP contribution in [0.4, 0.5) is 10.1 Å². The van der Waals surface area contributed by atoms with Crippen LogP contribution in [0, 0.1) is 5.82 Å². The molecule has 4 rings (SSSR count). The topological polar surface area (TPSA) is 101 Å². The number of halogens is 1. The molecule has 1 amide bonds. The minimum absolute atomic E-state index is 0.0378. The summed E-state index contributed by atoms with van der Waals surface area (Å²) < 4.78 is 19.8. The van der Waals surface area contributed by atoms with Crippen LogP contribution in [0.15, 0.2) is 53.3 Å². The molecule has 0 aliphatic carbocycles. The molecule has 0 unspecified atom stereocenters. The smallest absolute Gasteiger partial charge is 0.345 e. The molecule has 1 aliphatic heterocycles. The minimum Gasteiger partial charge on any atom is -0.465 e. The Labute approximate surface area is 202 Å². The Hall–Kier alpha value is -3.76. The van der Waals surface area contributed by atoms with E-state index < -0.39 is 17.3 Å². The molecule has 0 radical (unpaired) electrons. The first-order chi connectivity index (χ1) is 16.8. The first-order valence-electron chi connectivity index (χ1n) is 11.3. The van der Waals surface area contributed by atoms with E-state index in [0.717, 1.165) is 5.39 Å². The predicted octanol–water partition coefficient (Wildman–Crippen LogP) is 1.70. The summed E-state index contributed by atoms with van der Waals surface area (Å²) in [5, 5.41) is 2.22. The van der Waals surface area contributed by atoms with Crippen LogP contribution in [0.2, 0.25) is 0 Å². The van der Waals surface area contributed by atoms with Crippen LogP contribution in [0.5, 0.6) is 0 Å². The molecule has 1 fully saturated rings. The van der Waals surface area contributed by atoms with Crippen molar-refractivity contribution in [2.45, 2.75) is 6.54 Å². The quantitative estimate of drug-likeness (QED) is 0.325. The Morgan fingerprint density at radius 3 is 2.34 bits per heavy atom. The molecule has 1 aromatic heterocycles. The molecule has 184 valence electrons. The summed E-state index contributed by atoms with van der Waals surface area (Å²) in [7, 11) is 2.95. The van der Waals surface area contributed by atoms with Crippen LogP contribution < -0.4 is 16.3 Å². The lowest BCUT2D eigenvalue weighted by atomic mass is 10.1. The monoisotopic (exact) mass is 481 g/mol. The summed E-state index contributed by atoms with van der Waals surface area (Å²) in [5.74, 6) is 4.45. The molecule has 1 aliphatic rings. The fourth-order valence-electron chi connectivity index (χ4n) is 4.39. The van der Waals surface area contributed by atoms with Gasteiger partial charge >= 0.3 is 5.97 Å². The maximum absolute atomic E-state index is 13.5. The number of likely N-dealkylation sites (N-methyl/N-ethyl adjacent to an activating group) is 1. The fraction of sp³-hybridized carbons (Fsp3) is 0.320. The first-order valence-corrected chi connectivity index (χ1v) is 11.3. The second kappa shape index (κ2) is 10.2. The van der Waals surface area contributed by atoms with Gasteiger partial charge in [-0.1, -0.05) is 18.2 Å². The standard InChI is InChI=1S/C25H28FN5O4/c1-28(27)11-16-31-20-6-4-3-5-19(20)22(21(24(31)33)25(34)35-2)29-12-14-30(15-13-29)23(32)17-7-9-18(26)10-8-17/h3-10H,11-16,27H2,1-2H3. The number of pyridine rings is 1. The predicted molar refractivity (Wildman–Crippen MR) is 131 cm³/mol. The summed E-state index contributed by atoms with van der Waals surface area (Å²) >= 11 is 0. The summed E-state index contributed by atoms with van der Waals surface area (Å²) in [6.45, 7) is 2.30. The largest absolute Gasteiger partial charge is 0.465 e. The van der Waals surface area contributed by atoms with Crippen LogP contribution in [-0.2, 0) is 11.3 Å². The highest BCUT2D eigenvalue weighted by molar-refractivity contribution is 6.05. The second-order valence-corrected chi connectivity index (χ2v) is 8.46. The van der Waals surface area contributed by atoms with Crippen molar-refractivity contribution in [2.24, 2.45) is 5.84 Å². The molecule has 0 atom stereocenters. The van der Waals surface area contributed by atoms with Gasteiger partial charge < -0.3 is 19.1 Å². The van der Waals surface area contributed by atoms with Gasteiger partial charge in [-0.3, -0.25) is 15.4 Å². The Balaban J connectivity index is 1.70. The number of rotatable bonds is 6. The van der Waals surface area contributed by atoms with Crippen LogP contribution in [0.1, 0.15) is 20.7 Å². The minimum atomic E-state index is -0.713. The van der Waals surface area contributed by atoms with Gasteiger partial charge in [0, 0.05) is 57.3 Å². The molecule has 9 nitrogen and oxygen atoms in total. The van der Waals surface area contributed by atoms with Crippen molar-refractivity contribution in [1.29, 1.82) is 0 Å². The number of fused-ring (bicyclic) bond motifs is 1. The van der Waals surface area contributed by atoms with Gasteiger partial charge in [-0.2, -0.15) is 0 Å². The second-order valence-electron chi connectivity index (χ2n) is 8.46. The Bertz CT molecular complexity index is 1300. The normalized spacial score (nSPS) is 14.0. The van der Waals surface area contributed by atoms with Crippen molar-refractivity contribution in [3.63, 3.8) is 0 Å². The summed E-state index contributed by atoms with van der Waals surface area (Å²) in [5.41, 5.74) is 1.12. The van der Waals surface area contributed by atoms with E-state index in [9.17, 15) is 18.8 Å². The molecule has 2 N–H and O–H groups in total. The number of hydrazine groups is 1. The van der Waals surface area contributed by atoms with Gasteiger partial charge in [0.2, 0.25) is 0 Å². The molecule has 2 heterocycles. The molecule has 3 aromatic rings. The van der Waals surface area contributed by atoms with Crippen LogP contribution >= 0.6 is 0 Å². The molecule has 10 heteroatoms. The Kier molecular flexibility index (Phi) is 7.13. The SMILES string of the molecule is COC(=O)c1c(N2CCN(C(=O)c3ccc(F)cc3)CC2)c2ccccc2n(CCN(C)N)c1=O. The third-order valence-electron chi connectivity index (χ3n) is 6.19. The highest BCUT2D eigenvalue weighted by Crippen LogP contribution is 2.30. The van der Waals surface area contributed by atoms with Crippen LogP contribution in [-0.4, -0.2) is 73.2 Å². The van der Waals surface area contributed by atoms with Crippen molar-refractivity contribution in [3.8, 4) is 0 Å². The Morgan fingerprint density at radius 1 is 1.06 bits per heavy atom. The number of benzene rings is 2. The maximum atomic E-state index is 13.5. The third-order valence-corrected chi connectivity index (χ3v) is 6.19. The van der Waals surface area contributed by atoms with Crippen molar-refractivity contribution >= 4 is 28.5 Å². The number of carbonyl (C=O) groups excluding carboxylic acids is 2. The van der Waals surface area contributed by atoms with E-state index in [4.69, 9.17) is 10.6 Å². The van der Waals surface area contributed by atoms with E-state index in [-0.39, 0.29) is 11.5 Å². The number of hydrogen-bond donors (Lipinski definition) is 1. The molecule has 35 heavy (non-hydrogen) atoms. The first kappa shape index (κ1) is 24.4. The van der Waals surface area contributed by atoms with Crippen LogP contribution in [0.3, 0.4) is 0 Å². The fourth-order valence-corrected chi connectivity index (χ4v) is 4.39. The van der Waals surface area contributed by atoms with Crippen molar-refractivity contribution in [3.05, 3.63) is 75.8 Å². The molecule has 1 saturated heterocycles. The molecular weight excluding hydrogens is 453 g/mol. The van der Waals surface area contributed by atoms with E-state index in [2.05, 4.69) is 0 Å². The van der Waals surface area contributed by atoms with E-state index in [1.54, 1.807) is 16.5 Å². The van der Waals surface area contributed by atoms with Crippen molar-refractivity contribution < 1.29 is 18.7 Å². The molecule has 0 saturated carbocycles. The zero-order valence-corrected chi connectivity index (χ0v) is 19.7. The number of para-hydroxylation sites is 1. The van der Waals surface area contributed by atoms with E-state index in [0.29, 0.717) is 56.0 Å². The van der Waals surface area contributed by atoms with Gasteiger partial charge in [-0.15, -0.1) is 0 Å². The lowest BCUT2D eigenvalue weighted by Crippen LogP contribution is -2.49. The number of nitrogens with zero attached hydrogens (tertiary/aromatic N) is 4. The number of methoxy groups -OCH3 is 1. The van der Waals surface area contributed by atoms with Gasteiger partial charge in [-0.05, 0) is 30.3 Å². The number of aromatic nitrogens is 1. The number of anilines is 1. The summed E-state index contributed by atoms with van der Waals surface area (Å²) in [6.07, 6.45) is 0. The molecular formula is C25H28FN5O4. The number of nitrogens with two attached hydrogens (primary N) is 1. The highest BCUT2D eigenvalue weighted by atomic mass is 19.1. The molecule has 0 bridgehead atoms. The lowest BCUT2D eigenvalue weighted by Gasteiger charge is -2.37. The number of piperazine rings is 1. The highest BCUT2D eigenvalue weighted by Gasteiger charge is 2.30. The molecule has 2 aromatic carbocycles. The van der Waals surface area contributed by atoms with E-state index in [1.807, 2.05) is 29.2 Å². The average Bonchev–Trinajstić information content (AvgIpc) is 2.87. The number of esters is 1. The van der Waals surface area contributed by atoms with Gasteiger partial charge in [0.25, 0.3) is 11.5 Å². The Morgan fingerprint density at radius 2 is 1.71 bits per heavy atom. The number of carbonyl (C=O) groups is 2. The van der Waals surface area contributed by atoms with Gasteiger partial charge in [-0.25, -0.2) is 14.2 Å². The summed E-state index contributed by atoms with van der Waals surface area (Å²) in [4.78, 5) is 42.8.